The first kappa shape index (κ1) is 35.4. The molecule has 254 valence electrons. The van der Waals surface area contributed by atoms with Crippen LogP contribution in [0.25, 0.3) is 0 Å². The number of likely N-dealkylation sites (tertiary alicyclic amines) is 1. The quantitative estimate of drug-likeness (QED) is 0.0967. The van der Waals surface area contributed by atoms with E-state index >= 15 is 0 Å². The minimum absolute atomic E-state index is 0.0949. The summed E-state index contributed by atoms with van der Waals surface area (Å²) in [6, 6.07) is 17.5. The molecule has 48 heavy (non-hydrogen) atoms. The highest BCUT2D eigenvalue weighted by molar-refractivity contribution is 7.13. The number of hydrogen-bond acceptors (Lipinski definition) is 10. The predicted octanol–water partition coefficient (Wildman–Crippen LogP) is 6.31. The Bertz CT molecular complexity index is 1690. The number of esters is 2. The fraction of sp³-hybridized carbons (Fsp3) is 0.343. The van der Waals surface area contributed by atoms with Gasteiger partial charge >= 0.3 is 11.9 Å². The highest BCUT2D eigenvalue weighted by atomic mass is 35.5. The monoisotopic (exact) mass is 713 g/mol. The summed E-state index contributed by atoms with van der Waals surface area (Å²) in [7, 11) is 5.10. The van der Waals surface area contributed by atoms with Crippen LogP contribution in [0.1, 0.15) is 56.2 Å². The molecule has 1 fully saturated rings. The lowest BCUT2D eigenvalue weighted by Gasteiger charge is -2.30. The van der Waals surface area contributed by atoms with Crippen molar-refractivity contribution in [1.29, 1.82) is 0 Å². The molecular weight excluding hydrogens is 677 g/mol. The molecule has 4 aromatic rings. The second-order valence-electron chi connectivity index (χ2n) is 11.4. The SMILES string of the molecule is COc1ccc([C@H](Cc2c(Cl)c[n+]([O-])cc2Cl)OC(=O)c2ccc(CNC(C(=O)OC3CCN(C)CC3)c3ccccc3)s2)cc1OC. The first-order valence-corrected chi connectivity index (χ1v) is 17.0. The molecule has 1 aliphatic heterocycles. The molecular formula is C35H37Cl2N3O7S. The maximum absolute atomic E-state index is 13.6. The predicted molar refractivity (Wildman–Crippen MR) is 184 cm³/mol. The molecule has 1 N–H and O–H groups in total. The van der Waals surface area contributed by atoms with Crippen LogP contribution in [0.4, 0.5) is 0 Å². The molecule has 1 saturated heterocycles. The highest BCUT2D eigenvalue weighted by Crippen LogP contribution is 2.36. The number of piperidine rings is 1. The van der Waals surface area contributed by atoms with Crippen molar-refractivity contribution < 1.29 is 33.3 Å². The van der Waals surface area contributed by atoms with Gasteiger partial charge in [-0.3, -0.25) is 5.32 Å². The fourth-order valence-corrected chi connectivity index (χ4v) is 6.92. The Labute approximate surface area is 293 Å². The molecule has 2 aromatic carbocycles. The minimum atomic E-state index is -0.838. The molecule has 1 unspecified atom stereocenters. The van der Waals surface area contributed by atoms with Gasteiger partial charge in [0.05, 0.1) is 14.2 Å². The molecule has 3 heterocycles. The normalized spacial score (nSPS) is 15.0. The lowest BCUT2D eigenvalue weighted by molar-refractivity contribution is -0.605. The Hall–Kier alpha value is -3.87. The van der Waals surface area contributed by atoms with Crippen LogP contribution in [-0.4, -0.2) is 57.3 Å². The van der Waals surface area contributed by atoms with Gasteiger partial charge in [-0.2, -0.15) is 4.73 Å². The summed E-state index contributed by atoms with van der Waals surface area (Å²) >= 11 is 14.0. The third kappa shape index (κ3) is 8.97. The average Bonchev–Trinajstić information content (AvgIpc) is 3.56. The van der Waals surface area contributed by atoms with E-state index in [0.29, 0.717) is 38.8 Å². The summed E-state index contributed by atoms with van der Waals surface area (Å²) in [5.41, 5.74) is 1.86. The first-order chi connectivity index (χ1) is 23.1. The number of nitrogens with one attached hydrogen (secondary N) is 1. The van der Waals surface area contributed by atoms with Crippen molar-refractivity contribution in [1.82, 2.24) is 10.2 Å². The number of carbonyl (C=O) groups excluding carboxylic acids is 2. The fourth-order valence-electron chi connectivity index (χ4n) is 5.48. The van der Waals surface area contributed by atoms with Crippen molar-refractivity contribution in [2.45, 2.75) is 44.1 Å². The zero-order valence-corrected chi connectivity index (χ0v) is 29.1. The molecule has 13 heteroatoms. The Morgan fingerprint density at radius 2 is 1.67 bits per heavy atom. The molecule has 0 saturated carbocycles. The highest BCUT2D eigenvalue weighted by Gasteiger charge is 2.28. The van der Waals surface area contributed by atoms with E-state index in [-0.39, 0.29) is 28.5 Å². The number of methoxy groups -OCH3 is 2. The van der Waals surface area contributed by atoms with Gasteiger partial charge in [0.15, 0.2) is 23.9 Å². The van der Waals surface area contributed by atoms with Crippen molar-refractivity contribution in [2.24, 2.45) is 0 Å². The largest absolute Gasteiger partial charge is 0.619 e. The second-order valence-corrected chi connectivity index (χ2v) is 13.4. The third-order valence-electron chi connectivity index (χ3n) is 8.14. The minimum Gasteiger partial charge on any atom is -0.619 e. The molecule has 5 rings (SSSR count). The van der Waals surface area contributed by atoms with Gasteiger partial charge in [-0.25, -0.2) is 9.59 Å². The summed E-state index contributed by atoms with van der Waals surface area (Å²) in [5.74, 6) is 0.0688. The maximum atomic E-state index is 13.6. The Morgan fingerprint density at radius 1 is 0.979 bits per heavy atom. The van der Waals surface area contributed by atoms with Gasteiger partial charge in [-0.05, 0) is 55.3 Å². The van der Waals surface area contributed by atoms with E-state index in [1.165, 1.54) is 38.0 Å². The number of thiophene rings is 1. The zero-order chi connectivity index (χ0) is 34.2. The van der Waals surface area contributed by atoms with E-state index < -0.39 is 18.1 Å². The summed E-state index contributed by atoms with van der Waals surface area (Å²) < 4.78 is 23.3. The summed E-state index contributed by atoms with van der Waals surface area (Å²) in [5, 5.41) is 15.5. The number of halogens is 2. The smallest absolute Gasteiger partial charge is 0.348 e. The van der Waals surface area contributed by atoms with E-state index in [9.17, 15) is 14.8 Å². The number of pyridine rings is 1. The van der Waals surface area contributed by atoms with Crippen LogP contribution in [0.2, 0.25) is 10.0 Å². The van der Waals surface area contributed by atoms with Crippen molar-refractivity contribution in [3.8, 4) is 11.5 Å². The van der Waals surface area contributed by atoms with Crippen LogP contribution in [0.15, 0.2) is 73.1 Å². The molecule has 0 radical (unpaired) electrons. The zero-order valence-electron chi connectivity index (χ0n) is 26.8. The molecule has 1 aliphatic rings. The van der Waals surface area contributed by atoms with Gasteiger partial charge in [-0.15, -0.1) is 11.3 Å². The lowest BCUT2D eigenvalue weighted by atomic mass is 10.0. The van der Waals surface area contributed by atoms with Crippen molar-refractivity contribution >= 4 is 46.5 Å². The van der Waals surface area contributed by atoms with E-state index in [1.54, 1.807) is 24.3 Å². The Balaban J connectivity index is 1.32. The summed E-state index contributed by atoms with van der Waals surface area (Å²) in [6.45, 7) is 2.09. The third-order valence-corrected chi connectivity index (χ3v) is 9.85. The van der Waals surface area contributed by atoms with Crippen molar-refractivity contribution in [3.05, 3.63) is 115 Å². The molecule has 0 amide bonds. The topological polar surface area (TPSA) is 113 Å². The Morgan fingerprint density at radius 3 is 2.33 bits per heavy atom. The standard InChI is InChI=1S/C35H37Cl2N3O7S/c1-39-15-13-24(14-16-39)46-35(42)33(22-7-5-4-6-8-22)38-19-25-10-12-32(48-25)34(41)47-30(18-26-27(36)20-40(43)21-28(26)37)23-9-11-29(44-2)31(17-23)45-3/h4-12,17,20-21,24,30,33,38H,13-16,18-19H2,1-3H3/t30-,33?/m0/s1. The van der Waals surface area contributed by atoms with Crippen molar-refractivity contribution in [3.63, 3.8) is 0 Å². The second kappa shape index (κ2) is 16.5. The molecule has 2 aromatic heterocycles. The number of aromatic nitrogens is 1. The van der Waals surface area contributed by atoms with Gasteiger partial charge < -0.3 is 29.1 Å². The first-order valence-electron chi connectivity index (χ1n) is 15.4. The molecule has 0 spiro atoms. The maximum Gasteiger partial charge on any atom is 0.348 e. The lowest BCUT2D eigenvalue weighted by Crippen LogP contribution is -2.38. The van der Waals surface area contributed by atoms with E-state index in [0.717, 1.165) is 36.4 Å². The van der Waals surface area contributed by atoms with E-state index in [2.05, 4.69) is 17.3 Å². The molecule has 10 nitrogen and oxygen atoms in total. The van der Waals surface area contributed by atoms with Crippen molar-refractivity contribution in [2.75, 3.05) is 34.4 Å². The molecule has 0 bridgehead atoms. The number of rotatable bonds is 13. The number of benzene rings is 2. The van der Waals surface area contributed by atoms with E-state index in [1.807, 2.05) is 36.4 Å². The van der Waals surface area contributed by atoms with E-state index in [4.69, 9.17) is 42.1 Å². The van der Waals surface area contributed by atoms with Crippen LogP contribution < -0.4 is 19.5 Å². The molecule has 0 aliphatic carbocycles. The van der Waals surface area contributed by atoms with Gasteiger partial charge in [0, 0.05) is 36.5 Å². The van der Waals surface area contributed by atoms with Crippen LogP contribution >= 0.6 is 34.5 Å². The van der Waals surface area contributed by atoms with Gasteiger partial charge in [0.1, 0.15) is 33.2 Å². The number of nitrogens with zero attached hydrogens (tertiary/aromatic N) is 2. The summed E-state index contributed by atoms with van der Waals surface area (Å²) in [6.07, 6.45) is 3.12. The van der Waals surface area contributed by atoms with Crippen LogP contribution in [0, 0.1) is 5.21 Å². The van der Waals surface area contributed by atoms with Gasteiger partial charge in [0.25, 0.3) is 0 Å². The van der Waals surface area contributed by atoms with Gasteiger partial charge in [0.2, 0.25) is 0 Å². The van der Waals surface area contributed by atoms with Gasteiger partial charge in [-0.1, -0.05) is 59.6 Å². The van der Waals surface area contributed by atoms with Crippen LogP contribution in [0.3, 0.4) is 0 Å². The number of ether oxygens (including phenoxy) is 4. The summed E-state index contributed by atoms with van der Waals surface area (Å²) in [4.78, 5) is 30.3. The number of carbonyl (C=O) groups is 2. The van der Waals surface area contributed by atoms with Crippen LogP contribution in [-0.2, 0) is 27.2 Å². The average molecular weight is 715 g/mol. The van der Waals surface area contributed by atoms with Crippen LogP contribution in [0.5, 0.6) is 11.5 Å². The molecule has 2 atom stereocenters. The number of hydrogen-bond donors (Lipinski definition) is 1. The Kier molecular flexibility index (Phi) is 12.2.